The second-order valence-corrected chi connectivity index (χ2v) is 7.99. The number of rotatable bonds is 5. The van der Waals surface area contributed by atoms with Crippen molar-refractivity contribution in [2.24, 2.45) is 11.8 Å². The summed E-state index contributed by atoms with van der Waals surface area (Å²) in [4.78, 5) is 0. The molecule has 1 nitrogen and oxygen atoms in total. The summed E-state index contributed by atoms with van der Waals surface area (Å²) in [7, 11) is 0. The Kier molecular flexibility index (Phi) is 5.95. The first-order chi connectivity index (χ1) is 11.6. The monoisotopic (exact) mass is 444 g/mol. The highest BCUT2D eigenvalue weighted by atomic mass is 127. The molecule has 0 N–H and O–H groups in total. The van der Waals surface area contributed by atoms with Crippen LogP contribution in [-0.2, 0) is 0 Å². The van der Waals surface area contributed by atoms with Crippen LogP contribution in [0, 0.1) is 27.0 Å². The molecule has 0 radical (unpaired) electrons. The zero-order chi connectivity index (χ0) is 17.1. The molecular formula is C20H23F2IO. The average Bonchev–Trinajstić information content (AvgIpc) is 2.58. The predicted molar refractivity (Wildman–Crippen MR) is 102 cm³/mol. The lowest BCUT2D eigenvalue weighted by atomic mass is 9.80. The van der Waals surface area contributed by atoms with Crippen molar-refractivity contribution in [2.45, 2.75) is 45.4 Å². The summed E-state index contributed by atoms with van der Waals surface area (Å²) in [6.45, 7) is 2.71. The van der Waals surface area contributed by atoms with E-state index in [4.69, 9.17) is 4.74 Å². The maximum absolute atomic E-state index is 14.4. The molecule has 0 spiro atoms. The van der Waals surface area contributed by atoms with Crippen molar-refractivity contribution in [3.8, 4) is 5.75 Å². The van der Waals surface area contributed by atoms with Crippen LogP contribution < -0.4 is 4.74 Å². The van der Waals surface area contributed by atoms with Crippen molar-refractivity contribution in [2.75, 3.05) is 6.61 Å². The van der Waals surface area contributed by atoms with Crippen molar-refractivity contribution >= 4 is 33.4 Å². The summed E-state index contributed by atoms with van der Waals surface area (Å²) in [5, 5.41) is 1.02. The van der Waals surface area contributed by atoms with Gasteiger partial charge in [0, 0.05) is 8.96 Å². The molecular weight excluding hydrogens is 421 g/mol. The zero-order valence-electron chi connectivity index (χ0n) is 14.0. The van der Waals surface area contributed by atoms with Gasteiger partial charge < -0.3 is 4.74 Å². The summed E-state index contributed by atoms with van der Waals surface area (Å²) in [5.74, 6) is -0.349. The minimum absolute atomic E-state index is 0.0395. The normalized spacial score (nSPS) is 21.2. The molecule has 0 atom stereocenters. The molecule has 0 bridgehead atoms. The fourth-order valence-electron chi connectivity index (χ4n) is 3.72. The van der Waals surface area contributed by atoms with Crippen LogP contribution >= 0.6 is 22.6 Å². The van der Waals surface area contributed by atoms with Gasteiger partial charge in [0.25, 0.3) is 0 Å². The van der Waals surface area contributed by atoms with Gasteiger partial charge in [0.1, 0.15) is 0 Å². The van der Waals surface area contributed by atoms with Gasteiger partial charge in [-0.2, -0.15) is 4.39 Å². The molecule has 0 aliphatic heterocycles. The molecule has 0 heterocycles. The topological polar surface area (TPSA) is 9.23 Å². The Hall–Kier alpha value is -0.910. The predicted octanol–water partition coefficient (Wildman–Crippen LogP) is 6.71. The quantitative estimate of drug-likeness (QED) is 0.466. The molecule has 0 unspecified atom stereocenters. The summed E-state index contributed by atoms with van der Waals surface area (Å²) in [6, 6.07) is 7.04. The summed E-state index contributed by atoms with van der Waals surface area (Å²) in [6.07, 6.45) is 7.26. The van der Waals surface area contributed by atoms with Crippen molar-refractivity contribution in [3.05, 3.63) is 39.5 Å². The van der Waals surface area contributed by atoms with E-state index in [9.17, 15) is 8.78 Å². The number of ether oxygens (including phenoxy) is 1. The van der Waals surface area contributed by atoms with Crippen molar-refractivity contribution in [3.63, 3.8) is 0 Å². The van der Waals surface area contributed by atoms with Gasteiger partial charge in [0.05, 0.1) is 6.61 Å². The van der Waals surface area contributed by atoms with Crippen molar-refractivity contribution < 1.29 is 13.5 Å². The Morgan fingerprint density at radius 3 is 2.50 bits per heavy atom. The first kappa shape index (κ1) is 17.9. The van der Waals surface area contributed by atoms with Gasteiger partial charge in [-0.3, -0.25) is 0 Å². The van der Waals surface area contributed by atoms with E-state index in [1.165, 1.54) is 25.7 Å². The molecule has 1 fully saturated rings. The number of fused-ring (bicyclic) bond motifs is 1. The average molecular weight is 444 g/mol. The van der Waals surface area contributed by atoms with Crippen molar-refractivity contribution in [1.82, 2.24) is 0 Å². The summed E-state index contributed by atoms with van der Waals surface area (Å²) < 4.78 is 35.1. The molecule has 0 aromatic heterocycles. The van der Waals surface area contributed by atoms with Crippen molar-refractivity contribution in [1.29, 1.82) is 0 Å². The fourth-order valence-corrected chi connectivity index (χ4v) is 4.48. The van der Waals surface area contributed by atoms with Crippen LogP contribution in [0.15, 0.2) is 24.3 Å². The van der Waals surface area contributed by atoms with E-state index in [2.05, 4.69) is 6.92 Å². The molecule has 2 aromatic rings. The highest BCUT2D eigenvalue weighted by Gasteiger charge is 2.22. The van der Waals surface area contributed by atoms with Crippen LogP contribution in [0.3, 0.4) is 0 Å². The molecule has 4 heteroatoms. The Balaban J connectivity index is 1.69. The van der Waals surface area contributed by atoms with Crippen LogP contribution in [0.2, 0.25) is 0 Å². The van der Waals surface area contributed by atoms with E-state index in [0.717, 1.165) is 18.8 Å². The van der Waals surface area contributed by atoms with E-state index >= 15 is 0 Å². The SMILES string of the molecule is CCCC1CCC(COc2cc3cccc(I)c3c(F)c2F)CC1. The van der Waals surface area contributed by atoms with Gasteiger partial charge in [0.2, 0.25) is 5.82 Å². The van der Waals surface area contributed by atoms with Crippen LogP contribution in [-0.4, -0.2) is 6.61 Å². The molecule has 1 saturated carbocycles. The Labute approximate surface area is 155 Å². The van der Waals surface area contributed by atoms with E-state index in [-0.39, 0.29) is 5.75 Å². The number of hydrogen-bond acceptors (Lipinski definition) is 1. The second kappa shape index (κ2) is 7.98. The first-order valence-corrected chi connectivity index (χ1v) is 9.87. The van der Waals surface area contributed by atoms with E-state index in [1.807, 2.05) is 28.7 Å². The number of halogens is 3. The number of hydrogen-bond donors (Lipinski definition) is 0. The summed E-state index contributed by atoms with van der Waals surface area (Å²) in [5.41, 5.74) is 0. The molecule has 0 saturated heterocycles. The Morgan fingerprint density at radius 1 is 1.08 bits per heavy atom. The third-order valence-corrected chi connectivity index (χ3v) is 6.00. The first-order valence-electron chi connectivity index (χ1n) is 8.79. The maximum Gasteiger partial charge on any atom is 0.201 e. The third kappa shape index (κ3) is 3.84. The van der Waals surface area contributed by atoms with Gasteiger partial charge in [-0.1, -0.05) is 44.7 Å². The minimum Gasteiger partial charge on any atom is -0.490 e. The van der Waals surface area contributed by atoms with Crippen LogP contribution in [0.5, 0.6) is 5.75 Å². The van der Waals surface area contributed by atoms with Gasteiger partial charge >= 0.3 is 0 Å². The zero-order valence-corrected chi connectivity index (χ0v) is 16.1. The standard InChI is InChI=1S/C20H23F2IO/c1-2-4-13-7-9-14(10-8-13)12-24-17-11-15-5-3-6-16(23)18(15)20(22)19(17)21/h3,5-6,11,13-14H,2,4,7-10,12H2,1H3. The Bertz CT molecular complexity index is 708. The molecule has 130 valence electrons. The maximum atomic E-state index is 14.4. The Morgan fingerprint density at radius 2 is 1.79 bits per heavy atom. The van der Waals surface area contributed by atoms with Gasteiger partial charge in [-0.05, 0) is 64.8 Å². The van der Waals surface area contributed by atoms with E-state index in [0.29, 0.717) is 26.9 Å². The molecule has 2 aromatic carbocycles. The molecule has 1 aliphatic carbocycles. The lowest BCUT2D eigenvalue weighted by molar-refractivity contribution is 0.173. The molecule has 24 heavy (non-hydrogen) atoms. The third-order valence-electron chi connectivity index (χ3n) is 5.10. The number of benzene rings is 2. The molecule has 0 amide bonds. The highest BCUT2D eigenvalue weighted by molar-refractivity contribution is 14.1. The van der Waals surface area contributed by atoms with Crippen LogP contribution in [0.25, 0.3) is 10.8 Å². The van der Waals surface area contributed by atoms with E-state index < -0.39 is 11.6 Å². The lowest BCUT2D eigenvalue weighted by Crippen LogP contribution is -2.20. The van der Waals surface area contributed by atoms with Gasteiger partial charge in [0.15, 0.2) is 11.6 Å². The minimum atomic E-state index is -0.869. The lowest BCUT2D eigenvalue weighted by Gasteiger charge is -2.28. The fraction of sp³-hybridized carbons (Fsp3) is 0.500. The summed E-state index contributed by atoms with van der Waals surface area (Å²) >= 11 is 2.03. The highest BCUT2D eigenvalue weighted by Crippen LogP contribution is 2.34. The van der Waals surface area contributed by atoms with Crippen LogP contribution in [0.4, 0.5) is 8.78 Å². The largest absolute Gasteiger partial charge is 0.490 e. The molecule has 3 rings (SSSR count). The van der Waals surface area contributed by atoms with Crippen LogP contribution in [0.1, 0.15) is 45.4 Å². The van der Waals surface area contributed by atoms with Gasteiger partial charge in [-0.25, -0.2) is 4.39 Å². The second-order valence-electron chi connectivity index (χ2n) is 6.83. The van der Waals surface area contributed by atoms with E-state index in [1.54, 1.807) is 18.2 Å². The molecule has 1 aliphatic rings. The van der Waals surface area contributed by atoms with Gasteiger partial charge in [-0.15, -0.1) is 0 Å². The smallest absolute Gasteiger partial charge is 0.201 e.